The first-order valence-corrected chi connectivity index (χ1v) is 6.41. The van der Waals surface area contributed by atoms with E-state index in [4.69, 9.17) is 4.74 Å². The highest BCUT2D eigenvalue weighted by molar-refractivity contribution is 5.44. The Balaban J connectivity index is 1.76. The molecule has 1 aliphatic rings. The third kappa shape index (κ3) is 2.47. The number of hydrogen-bond donors (Lipinski definition) is 1. The standard InChI is InChI=1S/C16H15FO2/c17-12-6-4-11(5-7-12)10-19-16-3-1-2-13-14(16)8-9-15(13)18/h1-7,15,18H,8-10H2. The molecule has 1 aliphatic carbocycles. The van der Waals surface area contributed by atoms with Crippen molar-refractivity contribution in [1.82, 2.24) is 0 Å². The van der Waals surface area contributed by atoms with E-state index >= 15 is 0 Å². The summed E-state index contributed by atoms with van der Waals surface area (Å²) in [5.41, 5.74) is 2.99. The fourth-order valence-electron chi connectivity index (χ4n) is 2.48. The lowest BCUT2D eigenvalue weighted by Gasteiger charge is -2.11. The second kappa shape index (κ2) is 5.02. The van der Waals surface area contributed by atoms with E-state index < -0.39 is 0 Å². The van der Waals surface area contributed by atoms with Crippen LogP contribution in [0.15, 0.2) is 42.5 Å². The van der Waals surface area contributed by atoms with Crippen LogP contribution in [0.2, 0.25) is 0 Å². The molecule has 3 heteroatoms. The van der Waals surface area contributed by atoms with E-state index in [1.54, 1.807) is 12.1 Å². The smallest absolute Gasteiger partial charge is 0.123 e. The molecule has 0 radical (unpaired) electrons. The van der Waals surface area contributed by atoms with Crippen molar-refractivity contribution < 1.29 is 14.2 Å². The highest BCUT2D eigenvalue weighted by Crippen LogP contribution is 2.36. The van der Waals surface area contributed by atoms with Crippen molar-refractivity contribution in [2.75, 3.05) is 0 Å². The van der Waals surface area contributed by atoms with Crippen molar-refractivity contribution in [2.45, 2.75) is 25.6 Å². The van der Waals surface area contributed by atoms with Crippen LogP contribution in [-0.2, 0) is 13.0 Å². The summed E-state index contributed by atoms with van der Waals surface area (Å²) in [6.07, 6.45) is 1.23. The zero-order chi connectivity index (χ0) is 13.2. The molecule has 1 unspecified atom stereocenters. The maximum Gasteiger partial charge on any atom is 0.123 e. The van der Waals surface area contributed by atoms with Crippen molar-refractivity contribution in [3.05, 3.63) is 65.0 Å². The molecule has 0 saturated carbocycles. The minimum Gasteiger partial charge on any atom is -0.489 e. The SMILES string of the molecule is OC1CCc2c(OCc3ccc(F)cc3)cccc21. The van der Waals surface area contributed by atoms with Gasteiger partial charge in [-0.25, -0.2) is 4.39 Å². The van der Waals surface area contributed by atoms with Gasteiger partial charge in [-0.05, 0) is 42.2 Å². The molecule has 0 bridgehead atoms. The monoisotopic (exact) mass is 258 g/mol. The highest BCUT2D eigenvalue weighted by atomic mass is 19.1. The molecule has 1 atom stereocenters. The number of fused-ring (bicyclic) bond motifs is 1. The third-order valence-corrected chi connectivity index (χ3v) is 3.50. The maximum atomic E-state index is 12.8. The Hall–Kier alpha value is -1.87. The van der Waals surface area contributed by atoms with Crippen LogP contribution in [-0.4, -0.2) is 5.11 Å². The van der Waals surface area contributed by atoms with Gasteiger partial charge in [-0.2, -0.15) is 0 Å². The Morgan fingerprint density at radius 2 is 1.95 bits per heavy atom. The fraction of sp³-hybridized carbons (Fsp3) is 0.250. The van der Waals surface area contributed by atoms with Crippen molar-refractivity contribution in [1.29, 1.82) is 0 Å². The Morgan fingerprint density at radius 3 is 2.74 bits per heavy atom. The van der Waals surface area contributed by atoms with E-state index in [9.17, 15) is 9.50 Å². The van der Waals surface area contributed by atoms with Crippen molar-refractivity contribution in [2.24, 2.45) is 0 Å². The molecular weight excluding hydrogens is 243 g/mol. The van der Waals surface area contributed by atoms with E-state index in [0.29, 0.717) is 6.61 Å². The Morgan fingerprint density at radius 1 is 1.16 bits per heavy atom. The van der Waals surface area contributed by atoms with Crippen LogP contribution in [0.1, 0.15) is 29.2 Å². The van der Waals surface area contributed by atoms with Crippen molar-refractivity contribution in [3.8, 4) is 5.75 Å². The number of benzene rings is 2. The van der Waals surface area contributed by atoms with Crippen LogP contribution in [0.3, 0.4) is 0 Å². The molecule has 2 nitrogen and oxygen atoms in total. The van der Waals surface area contributed by atoms with Gasteiger partial charge in [0.25, 0.3) is 0 Å². The van der Waals surface area contributed by atoms with Crippen LogP contribution in [0.25, 0.3) is 0 Å². The molecule has 1 N–H and O–H groups in total. The van der Waals surface area contributed by atoms with Crippen LogP contribution in [0.5, 0.6) is 5.75 Å². The fourth-order valence-corrected chi connectivity index (χ4v) is 2.48. The van der Waals surface area contributed by atoms with Crippen LogP contribution < -0.4 is 4.74 Å². The molecule has 2 aromatic rings. The Labute approximate surface area is 111 Å². The van der Waals surface area contributed by atoms with E-state index in [1.807, 2.05) is 18.2 Å². The van der Waals surface area contributed by atoms with Gasteiger partial charge in [-0.15, -0.1) is 0 Å². The summed E-state index contributed by atoms with van der Waals surface area (Å²) in [5, 5.41) is 9.82. The zero-order valence-electron chi connectivity index (χ0n) is 10.5. The number of aliphatic hydroxyl groups excluding tert-OH is 1. The van der Waals surface area contributed by atoms with Gasteiger partial charge in [0.2, 0.25) is 0 Å². The van der Waals surface area contributed by atoms with Crippen LogP contribution >= 0.6 is 0 Å². The van der Waals surface area contributed by atoms with Crippen LogP contribution in [0.4, 0.5) is 4.39 Å². The molecule has 0 aliphatic heterocycles. The predicted molar refractivity (Wildman–Crippen MR) is 70.5 cm³/mol. The molecule has 98 valence electrons. The second-order valence-electron chi connectivity index (χ2n) is 4.79. The number of halogens is 1. The molecular formula is C16H15FO2. The lowest BCUT2D eigenvalue weighted by Crippen LogP contribution is -1.99. The summed E-state index contributed by atoms with van der Waals surface area (Å²) in [5.74, 6) is 0.575. The van der Waals surface area contributed by atoms with Crippen LogP contribution in [0, 0.1) is 5.82 Å². The van der Waals surface area contributed by atoms with E-state index in [0.717, 1.165) is 35.3 Å². The van der Waals surface area contributed by atoms with E-state index in [1.165, 1.54) is 12.1 Å². The van der Waals surface area contributed by atoms with Gasteiger partial charge in [-0.1, -0.05) is 24.3 Å². The summed E-state index contributed by atoms with van der Waals surface area (Å²) in [6.45, 7) is 0.410. The quantitative estimate of drug-likeness (QED) is 0.914. The molecule has 0 saturated heterocycles. The number of aliphatic hydroxyl groups is 1. The van der Waals surface area contributed by atoms with Crippen molar-refractivity contribution in [3.63, 3.8) is 0 Å². The highest BCUT2D eigenvalue weighted by Gasteiger charge is 2.23. The average molecular weight is 258 g/mol. The molecule has 0 aromatic heterocycles. The Bertz CT molecular complexity index is 578. The summed E-state index contributed by atoms with van der Waals surface area (Å²) in [4.78, 5) is 0. The normalized spacial score (nSPS) is 17.3. The average Bonchev–Trinajstić information content (AvgIpc) is 2.81. The number of ether oxygens (including phenoxy) is 1. The summed E-state index contributed by atoms with van der Waals surface area (Å²) in [6, 6.07) is 12.0. The van der Waals surface area contributed by atoms with Gasteiger partial charge in [0.15, 0.2) is 0 Å². The summed E-state index contributed by atoms with van der Waals surface area (Å²) in [7, 11) is 0. The van der Waals surface area contributed by atoms with Gasteiger partial charge >= 0.3 is 0 Å². The molecule has 2 aromatic carbocycles. The minimum absolute atomic E-state index is 0.243. The summed E-state index contributed by atoms with van der Waals surface area (Å²) < 4.78 is 18.6. The number of hydrogen-bond acceptors (Lipinski definition) is 2. The lowest BCUT2D eigenvalue weighted by atomic mass is 10.1. The molecule has 0 heterocycles. The topological polar surface area (TPSA) is 29.5 Å². The predicted octanol–water partition coefficient (Wildman–Crippen LogP) is 3.38. The van der Waals surface area contributed by atoms with E-state index in [-0.39, 0.29) is 11.9 Å². The van der Waals surface area contributed by atoms with Gasteiger partial charge < -0.3 is 9.84 Å². The van der Waals surface area contributed by atoms with E-state index in [2.05, 4.69) is 0 Å². The molecule has 3 rings (SSSR count). The first-order chi connectivity index (χ1) is 9.24. The first kappa shape index (κ1) is 12.2. The third-order valence-electron chi connectivity index (χ3n) is 3.50. The second-order valence-corrected chi connectivity index (χ2v) is 4.79. The van der Waals surface area contributed by atoms with Gasteiger partial charge in [-0.3, -0.25) is 0 Å². The first-order valence-electron chi connectivity index (χ1n) is 6.41. The van der Waals surface area contributed by atoms with Crippen molar-refractivity contribution >= 4 is 0 Å². The molecule has 0 amide bonds. The number of rotatable bonds is 3. The molecule has 0 fully saturated rings. The largest absolute Gasteiger partial charge is 0.489 e. The van der Waals surface area contributed by atoms with Gasteiger partial charge in [0.05, 0.1) is 6.10 Å². The van der Waals surface area contributed by atoms with Gasteiger partial charge in [0.1, 0.15) is 18.2 Å². The Kier molecular flexibility index (Phi) is 3.22. The maximum absolute atomic E-state index is 12.8. The lowest BCUT2D eigenvalue weighted by molar-refractivity contribution is 0.180. The molecule has 0 spiro atoms. The summed E-state index contributed by atoms with van der Waals surface area (Å²) >= 11 is 0. The minimum atomic E-state index is -0.371. The molecule has 19 heavy (non-hydrogen) atoms. The zero-order valence-corrected chi connectivity index (χ0v) is 10.5. The van der Waals surface area contributed by atoms with Gasteiger partial charge in [0, 0.05) is 5.56 Å².